The van der Waals surface area contributed by atoms with Gasteiger partial charge < -0.3 is 14.7 Å². The van der Waals surface area contributed by atoms with E-state index in [4.69, 9.17) is 9.84 Å². The quantitative estimate of drug-likeness (QED) is 0.813. The second-order valence-corrected chi connectivity index (χ2v) is 4.64. The Bertz CT molecular complexity index is 423. The summed E-state index contributed by atoms with van der Waals surface area (Å²) in [7, 11) is 0. The molecular formula is C13H21N3O3. The van der Waals surface area contributed by atoms with Crippen LogP contribution in [0.3, 0.4) is 0 Å². The molecule has 0 radical (unpaired) electrons. The highest BCUT2D eigenvalue weighted by Crippen LogP contribution is 2.17. The lowest BCUT2D eigenvalue weighted by atomic mass is 10.2. The van der Waals surface area contributed by atoms with Crippen LogP contribution in [0.2, 0.25) is 0 Å². The first kappa shape index (κ1) is 15.2. The molecule has 0 aliphatic heterocycles. The fourth-order valence-electron chi connectivity index (χ4n) is 1.57. The molecule has 0 spiro atoms. The van der Waals surface area contributed by atoms with Gasteiger partial charge in [0.25, 0.3) is 0 Å². The highest BCUT2D eigenvalue weighted by molar-refractivity contribution is 5.72. The van der Waals surface area contributed by atoms with Crippen LogP contribution in [0.5, 0.6) is 5.88 Å². The summed E-state index contributed by atoms with van der Waals surface area (Å²) in [6.45, 7) is 7.63. The number of rotatable bonds is 7. The summed E-state index contributed by atoms with van der Waals surface area (Å²) >= 11 is 0. The average molecular weight is 267 g/mol. The molecule has 106 valence electrons. The first-order chi connectivity index (χ1) is 8.93. The first-order valence-electron chi connectivity index (χ1n) is 6.42. The number of anilines is 1. The molecule has 1 N–H and O–H groups in total. The molecule has 1 heterocycles. The molecule has 0 aromatic carbocycles. The van der Waals surface area contributed by atoms with Crippen molar-refractivity contribution >= 4 is 11.9 Å². The summed E-state index contributed by atoms with van der Waals surface area (Å²) in [5.74, 6) is -0.0623. The molecule has 0 amide bonds. The van der Waals surface area contributed by atoms with Gasteiger partial charge >= 0.3 is 5.97 Å². The third kappa shape index (κ3) is 4.73. The molecule has 0 aliphatic carbocycles. The van der Waals surface area contributed by atoms with Crippen molar-refractivity contribution < 1.29 is 14.6 Å². The molecule has 6 heteroatoms. The summed E-state index contributed by atoms with van der Waals surface area (Å²) in [6.07, 6.45) is 2.41. The number of nitrogens with zero attached hydrogens (tertiary/aromatic N) is 3. The van der Waals surface area contributed by atoms with Crippen LogP contribution in [0.15, 0.2) is 12.3 Å². The number of ether oxygens (including phenoxy) is 1. The van der Waals surface area contributed by atoms with E-state index in [-0.39, 0.29) is 18.7 Å². The molecule has 1 unspecified atom stereocenters. The minimum Gasteiger partial charge on any atom is -0.480 e. The first-order valence-corrected chi connectivity index (χ1v) is 6.42. The van der Waals surface area contributed by atoms with Gasteiger partial charge in [0.15, 0.2) is 0 Å². The lowest BCUT2D eigenvalue weighted by molar-refractivity contribution is -0.135. The molecule has 0 aliphatic rings. The normalized spacial score (nSPS) is 12.3. The number of hydrogen-bond acceptors (Lipinski definition) is 5. The Morgan fingerprint density at radius 2 is 2.16 bits per heavy atom. The van der Waals surface area contributed by atoms with Crippen molar-refractivity contribution in [2.24, 2.45) is 0 Å². The molecule has 19 heavy (non-hydrogen) atoms. The minimum absolute atomic E-state index is 0.0132. The fraction of sp³-hybridized carbons (Fsp3) is 0.615. The lowest BCUT2D eigenvalue weighted by Crippen LogP contribution is -2.38. The van der Waals surface area contributed by atoms with E-state index in [1.54, 1.807) is 17.2 Å². The highest BCUT2D eigenvalue weighted by Gasteiger charge is 2.19. The summed E-state index contributed by atoms with van der Waals surface area (Å²) in [4.78, 5) is 21.0. The van der Waals surface area contributed by atoms with Crippen molar-refractivity contribution in [3.63, 3.8) is 0 Å². The molecule has 0 bridgehead atoms. The predicted molar refractivity (Wildman–Crippen MR) is 72.5 cm³/mol. The molecular weight excluding hydrogens is 246 g/mol. The standard InChI is InChI=1S/C13H21N3O3/c1-5-10(4)16(8-12(17)18)13-14-7-6-11(15-13)19-9(2)3/h6-7,9-10H,5,8H2,1-4H3,(H,17,18). The maximum atomic E-state index is 10.9. The van der Waals surface area contributed by atoms with Gasteiger partial charge in [-0.3, -0.25) is 4.79 Å². The van der Waals surface area contributed by atoms with E-state index in [2.05, 4.69) is 9.97 Å². The van der Waals surface area contributed by atoms with E-state index in [1.165, 1.54) is 0 Å². The highest BCUT2D eigenvalue weighted by atomic mass is 16.5. The topological polar surface area (TPSA) is 75.6 Å². The third-order valence-electron chi connectivity index (χ3n) is 2.66. The zero-order chi connectivity index (χ0) is 14.4. The van der Waals surface area contributed by atoms with E-state index in [0.717, 1.165) is 6.42 Å². The van der Waals surface area contributed by atoms with Crippen molar-refractivity contribution in [2.45, 2.75) is 46.3 Å². The van der Waals surface area contributed by atoms with E-state index >= 15 is 0 Å². The van der Waals surface area contributed by atoms with Crippen LogP contribution < -0.4 is 9.64 Å². The average Bonchev–Trinajstić information content (AvgIpc) is 2.34. The Kier molecular flexibility index (Phi) is 5.54. The van der Waals surface area contributed by atoms with Gasteiger partial charge in [-0.25, -0.2) is 4.98 Å². The maximum Gasteiger partial charge on any atom is 0.323 e. The predicted octanol–water partition coefficient (Wildman–Crippen LogP) is 1.95. The van der Waals surface area contributed by atoms with Gasteiger partial charge in [0.2, 0.25) is 11.8 Å². The smallest absolute Gasteiger partial charge is 0.323 e. The van der Waals surface area contributed by atoms with Gasteiger partial charge in [-0.15, -0.1) is 0 Å². The SMILES string of the molecule is CCC(C)N(CC(=O)O)c1nccc(OC(C)C)n1. The number of carboxylic acids is 1. The monoisotopic (exact) mass is 267 g/mol. The van der Waals surface area contributed by atoms with Crippen LogP contribution in [-0.2, 0) is 4.79 Å². The number of carbonyl (C=O) groups is 1. The maximum absolute atomic E-state index is 10.9. The molecule has 1 aromatic rings. The summed E-state index contributed by atoms with van der Waals surface area (Å²) in [6, 6.07) is 1.71. The minimum atomic E-state index is -0.904. The second-order valence-electron chi connectivity index (χ2n) is 4.64. The van der Waals surface area contributed by atoms with Crippen molar-refractivity contribution in [3.8, 4) is 5.88 Å². The number of hydrogen-bond donors (Lipinski definition) is 1. The van der Waals surface area contributed by atoms with E-state index < -0.39 is 5.97 Å². The van der Waals surface area contributed by atoms with Crippen LogP contribution in [0.25, 0.3) is 0 Å². The van der Waals surface area contributed by atoms with Gasteiger partial charge in [-0.1, -0.05) is 6.92 Å². The van der Waals surface area contributed by atoms with Crippen molar-refractivity contribution in [2.75, 3.05) is 11.4 Å². The molecule has 1 rings (SSSR count). The summed E-state index contributed by atoms with van der Waals surface area (Å²) < 4.78 is 5.50. The lowest BCUT2D eigenvalue weighted by Gasteiger charge is -2.27. The molecule has 0 saturated carbocycles. The van der Waals surface area contributed by atoms with Crippen molar-refractivity contribution in [3.05, 3.63) is 12.3 Å². The van der Waals surface area contributed by atoms with Crippen LogP contribution >= 0.6 is 0 Å². The van der Waals surface area contributed by atoms with Gasteiger partial charge in [0, 0.05) is 18.3 Å². The summed E-state index contributed by atoms with van der Waals surface area (Å²) in [5.41, 5.74) is 0. The molecule has 6 nitrogen and oxygen atoms in total. The largest absolute Gasteiger partial charge is 0.480 e. The van der Waals surface area contributed by atoms with Crippen LogP contribution in [-0.4, -0.2) is 39.7 Å². The van der Waals surface area contributed by atoms with E-state index in [0.29, 0.717) is 11.8 Å². The van der Waals surface area contributed by atoms with Crippen molar-refractivity contribution in [1.82, 2.24) is 9.97 Å². The number of carboxylic acid groups (broad SMARTS) is 1. The van der Waals surface area contributed by atoms with Crippen LogP contribution in [0.4, 0.5) is 5.95 Å². The van der Waals surface area contributed by atoms with Gasteiger partial charge in [0.05, 0.1) is 6.10 Å². The molecule has 1 atom stereocenters. The Morgan fingerprint density at radius 1 is 1.47 bits per heavy atom. The number of aliphatic carboxylic acids is 1. The zero-order valence-electron chi connectivity index (χ0n) is 11.8. The van der Waals surface area contributed by atoms with Crippen LogP contribution in [0.1, 0.15) is 34.1 Å². The number of aromatic nitrogens is 2. The molecule has 0 saturated heterocycles. The summed E-state index contributed by atoms with van der Waals surface area (Å²) in [5, 5.41) is 8.98. The Balaban J connectivity index is 2.97. The third-order valence-corrected chi connectivity index (χ3v) is 2.66. The van der Waals surface area contributed by atoms with E-state index in [9.17, 15) is 4.79 Å². The molecule has 0 fully saturated rings. The zero-order valence-corrected chi connectivity index (χ0v) is 11.8. The van der Waals surface area contributed by atoms with Crippen molar-refractivity contribution in [1.29, 1.82) is 0 Å². The van der Waals surface area contributed by atoms with Crippen LogP contribution in [0, 0.1) is 0 Å². The van der Waals surface area contributed by atoms with E-state index in [1.807, 2.05) is 27.7 Å². The Hall–Kier alpha value is -1.85. The van der Waals surface area contributed by atoms with Gasteiger partial charge in [0.1, 0.15) is 6.54 Å². The Labute approximate surface area is 113 Å². The second kappa shape index (κ2) is 6.92. The molecule has 1 aromatic heterocycles. The fourth-order valence-corrected chi connectivity index (χ4v) is 1.57. The Morgan fingerprint density at radius 3 is 2.68 bits per heavy atom. The van der Waals surface area contributed by atoms with Gasteiger partial charge in [-0.05, 0) is 27.2 Å². The van der Waals surface area contributed by atoms with Gasteiger partial charge in [-0.2, -0.15) is 4.98 Å².